The van der Waals surface area contributed by atoms with E-state index in [1.165, 1.54) is 12.1 Å². The van der Waals surface area contributed by atoms with Crippen molar-refractivity contribution in [1.29, 1.82) is 0 Å². The van der Waals surface area contributed by atoms with Gasteiger partial charge in [0.25, 0.3) is 0 Å². The van der Waals surface area contributed by atoms with E-state index in [4.69, 9.17) is 39.5 Å². The second-order valence-corrected chi connectivity index (χ2v) is 4.12. The van der Waals surface area contributed by atoms with E-state index in [0.717, 1.165) is 0 Å². The third-order valence-corrected chi connectivity index (χ3v) is 2.53. The Bertz CT molecular complexity index is 345. The first-order valence-electron chi connectivity index (χ1n) is 3.45. The van der Waals surface area contributed by atoms with Gasteiger partial charge in [-0.1, -0.05) is 50.7 Å². The maximum Gasteiger partial charge on any atom is 0.322 e. The molecule has 0 aliphatic rings. The first kappa shape index (κ1) is 12.1. The van der Waals surface area contributed by atoms with Crippen LogP contribution < -0.4 is 4.74 Å². The van der Waals surface area contributed by atoms with Crippen molar-refractivity contribution in [1.82, 2.24) is 0 Å². The molecule has 2 nitrogen and oxygen atoms in total. The Morgan fingerprint density at radius 3 is 2.21 bits per heavy atom. The lowest BCUT2D eigenvalue weighted by Gasteiger charge is -2.06. The largest absolute Gasteiger partial charge is 0.423 e. The summed E-state index contributed by atoms with van der Waals surface area (Å²) in [5, 5.41) is 0.870. The molecular weight excluding hydrogens is 314 g/mol. The van der Waals surface area contributed by atoms with Gasteiger partial charge in [-0.2, -0.15) is 0 Å². The van der Waals surface area contributed by atoms with Gasteiger partial charge in [-0.3, -0.25) is 4.79 Å². The molecular formula is C8H4BrCl3O2. The molecule has 0 heterocycles. The molecule has 6 heteroatoms. The minimum Gasteiger partial charge on any atom is -0.423 e. The Labute approximate surface area is 104 Å². The first-order chi connectivity index (χ1) is 6.54. The zero-order valence-corrected chi connectivity index (χ0v) is 10.5. The van der Waals surface area contributed by atoms with Gasteiger partial charge in [0.2, 0.25) is 0 Å². The van der Waals surface area contributed by atoms with Crippen LogP contribution in [0, 0.1) is 0 Å². The van der Waals surface area contributed by atoms with Gasteiger partial charge in [0.15, 0.2) is 5.75 Å². The molecule has 0 aliphatic carbocycles. The minimum atomic E-state index is -0.476. The molecule has 0 atom stereocenters. The predicted octanol–water partition coefficient (Wildman–Crippen LogP) is 3.95. The Hall–Kier alpha value is 0.0400. The van der Waals surface area contributed by atoms with Crippen LogP contribution in [-0.2, 0) is 4.79 Å². The van der Waals surface area contributed by atoms with Gasteiger partial charge in [0, 0.05) is 5.02 Å². The van der Waals surface area contributed by atoms with E-state index in [-0.39, 0.29) is 21.1 Å². The van der Waals surface area contributed by atoms with Crippen LogP contribution in [0.3, 0.4) is 0 Å². The van der Waals surface area contributed by atoms with Crippen molar-refractivity contribution in [2.24, 2.45) is 0 Å². The molecule has 76 valence electrons. The van der Waals surface area contributed by atoms with E-state index in [0.29, 0.717) is 5.02 Å². The molecule has 1 rings (SSSR count). The van der Waals surface area contributed by atoms with E-state index >= 15 is 0 Å². The lowest BCUT2D eigenvalue weighted by molar-refractivity contribution is -0.131. The maximum atomic E-state index is 11.0. The van der Waals surface area contributed by atoms with E-state index in [9.17, 15) is 4.79 Å². The van der Waals surface area contributed by atoms with Crippen LogP contribution in [0.25, 0.3) is 0 Å². The van der Waals surface area contributed by atoms with Crippen LogP contribution in [0.1, 0.15) is 0 Å². The van der Waals surface area contributed by atoms with E-state index in [1.807, 2.05) is 0 Å². The normalized spacial score (nSPS) is 10.0. The molecule has 0 fully saturated rings. The first-order valence-corrected chi connectivity index (χ1v) is 5.71. The van der Waals surface area contributed by atoms with E-state index < -0.39 is 5.97 Å². The molecule has 0 aromatic heterocycles. The van der Waals surface area contributed by atoms with E-state index in [2.05, 4.69) is 15.9 Å². The smallest absolute Gasteiger partial charge is 0.322 e. The number of hydrogen-bond acceptors (Lipinski definition) is 2. The SMILES string of the molecule is O=C(CBr)Oc1c(Cl)cc(Cl)cc1Cl. The predicted molar refractivity (Wildman–Crippen MR) is 60.9 cm³/mol. The molecule has 0 spiro atoms. The minimum absolute atomic E-state index is 0.0717. The number of carbonyl (C=O) groups is 1. The Morgan fingerprint density at radius 2 is 1.79 bits per heavy atom. The monoisotopic (exact) mass is 316 g/mol. The number of alkyl halides is 1. The fraction of sp³-hybridized carbons (Fsp3) is 0.125. The second kappa shape index (κ2) is 5.21. The van der Waals surface area contributed by atoms with Gasteiger partial charge in [0.05, 0.1) is 10.0 Å². The number of ether oxygens (including phenoxy) is 1. The Balaban J connectivity index is 3.02. The van der Waals surface area contributed by atoms with Crippen LogP contribution in [0.4, 0.5) is 0 Å². The highest BCUT2D eigenvalue weighted by molar-refractivity contribution is 9.09. The Kier molecular flexibility index (Phi) is 4.51. The van der Waals surface area contributed by atoms with Crippen LogP contribution in [-0.4, -0.2) is 11.3 Å². The number of carbonyl (C=O) groups excluding carboxylic acids is 1. The summed E-state index contributed by atoms with van der Waals surface area (Å²) in [6.45, 7) is 0. The number of esters is 1. The summed E-state index contributed by atoms with van der Waals surface area (Å²) in [6.07, 6.45) is 0. The molecule has 0 saturated heterocycles. The average molecular weight is 318 g/mol. The summed E-state index contributed by atoms with van der Waals surface area (Å²) >= 11 is 20.2. The summed E-state index contributed by atoms with van der Waals surface area (Å²) in [4.78, 5) is 11.0. The van der Waals surface area contributed by atoms with Crippen LogP contribution >= 0.6 is 50.7 Å². The third-order valence-electron chi connectivity index (χ3n) is 1.29. The number of halogens is 4. The molecule has 0 radical (unpaired) electrons. The maximum absolute atomic E-state index is 11.0. The lowest BCUT2D eigenvalue weighted by Crippen LogP contribution is -2.09. The lowest BCUT2D eigenvalue weighted by atomic mass is 10.3. The zero-order valence-electron chi connectivity index (χ0n) is 6.69. The van der Waals surface area contributed by atoms with Gasteiger partial charge >= 0.3 is 5.97 Å². The average Bonchev–Trinajstić information content (AvgIpc) is 2.10. The zero-order chi connectivity index (χ0) is 10.7. The molecule has 1 aromatic carbocycles. The number of rotatable bonds is 2. The summed E-state index contributed by atoms with van der Waals surface area (Å²) < 4.78 is 4.87. The van der Waals surface area contributed by atoms with Crippen molar-refractivity contribution in [3.8, 4) is 5.75 Å². The second-order valence-electron chi connectivity index (χ2n) is 2.31. The van der Waals surface area contributed by atoms with Crippen LogP contribution in [0.15, 0.2) is 12.1 Å². The molecule has 1 aromatic rings. The van der Waals surface area contributed by atoms with Crippen molar-refractivity contribution in [2.75, 3.05) is 5.33 Å². The van der Waals surface area contributed by atoms with Crippen LogP contribution in [0.2, 0.25) is 15.1 Å². The van der Waals surface area contributed by atoms with Gasteiger partial charge in [-0.25, -0.2) is 0 Å². The number of hydrogen-bond donors (Lipinski definition) is 0. The summed E-state index contributed by atoms with van der Waals surface area (Å²) in [6, 6.07) is 2.90. The van der Waals surface area contributed by atoms with Gasteiger partial charge in [0.1, 0.15) is 5.33 Å². The topological polar surface area (TPSA) is 26.3 Å². The number of benzene rings is 1. The fourth-order valence-electron chi connectivity index (χ4n) is 0.768. The molecule has 0 N–H and O–H groups in total. The van der Waals surface area contributed by atoms with Gasteiger partial charge in [-0.15, -0.1) is 0 Å². The highest BCUT2D eigenvalue weighted by Gasteiger charge is 2.12. The van der Waals surface area contributed by atoms with Crippen molar-refractivity contribution < 1.29 is 9.53 Å². The summed E-state index contributed by atoms with van der Waals surface area (Å²) in [5.74, 6) is -0.349. The van der Waals surface area contributed by atoms with Crippen molar-refractivity contribution >= 4 is 56.7 Å². The highest BCUT2D eigenvalue weighted by atomic mass is 79.9. The van der Waals surface area contributed by atoms with Crippen molar-refractivity contribution in [3.63, 3.8) is 0 Å². The molecule has 0 aliphatic heterocycles. The summed E-state index contributed by atoms with van der Waals surface area (Å²) in [7, 11) is 0. The van der Waals surface area contributed by atoms with E-state index in [1.54, 1.807) is 0 Å². The van der Waals surface area contributed by atoms with Crippen molar-refractivity contribution in [3.05, 3.63) is 27.2 Å². The fourth-order valence-corrected chi connectivity index (χ4v) is 1.78. The standard InChI is InChI=1S/C8H4BrCl3O2/c9-3-7(13)14-8-5(11)1-4(10)2-6(8)12/h1-2H,3H2. The molecule has 0 amide bonds. The molecule has 0 unspecified atom stereocenters. The third kappa shape index (κ3) is 3.02. The van der Waals surface area contributed by atoms with Crippen LogP contribution in [0.5, 0.6) is 5.75 Å². The molecule has 0 bridgehead atoms. The van der Waals surface area contributed by atoms with Crippen molar-refractivity contribution in [2.45, 2.75) is 0 Å². The van der Waals surface area contributed by atoms with Gasteiger partial charge < -0.3 is 4.74 Å². The summed E-state index contributed by atoms with van der Waals surface area (Å²) in [5.41, 5.74) is 0. The van der Waals surface area contributed by atoms with Gasteiger partial charge in [-0.05, 0) is 12.1 Å². The Morgan fingerprint density at radius 1 is 1.29 bits per heavy atom. The quantitative estimate of drug-likeness (QED) is 0.469. The molecule has 0 saturated carbocycles. The highest BCUT2D eigenvalue weighted by Crippen LogP contribution is 2.35. The molecule has 14 heavy (non-hydrogen) atoms.